The molecule has 0 aliphatic heterocycles. The maximum Gasteiger partial charge on any atom is 0.243 e. The van der Waals surface area contributed by atoms with Crippen LogP contribution in [0.3, 0.4) is 0 Å². The molecule has 0 bridgehead atoms. The zero-order valence-electron chi connectivity index (χ0n) is 22.9. The Hall–Kier alpha value is -3.23. The predicted octanol–water partition coefficient (Wildman–Crippen LogP) is 4.25. The van der Waals surface area contributed by atoms with E-state index in [-0.39, 0.29) is 17.7 Å². The van der Waals surface area contributed by atoms with E-state index in [4.69, 9.17) is 11.5 Å². The predicted molar refractivity (Wildman–Crippen MR) is 167 cm³/mol. The number of nitrogens with one attached hydrogen (secondary N) is 2. The van der Waals surface area contributed by atoms with Gasteiger partial charge in [-0.25, -0.2) is 0 Å². The first-order chi connectivity index (χ1) is 19.8. The molecule has 0 fully saturated rings. The number of benzene rings is 2. The molecular formula is C28H34N8O2S3. The molecule has 13 heteroatoms. The van der Waals surface area contributed by atoms with Crippen LogP contribution in [0, 0.1) is 5.92 Å². The van der Waals surface area contributed by atoms with Crippen molar-refractivity contribution in [2.24, 2.45) is 17.4 Å². The molecule has 2 aromatic carbocycles. The number of aryl methyl sites for hydroxylation is 2. The van der Waals surface area contributed by atoms with Crippen LogP contribution in [0.15, 0.2) is 60.7 Å². The van der Waals surface area contributed by atoms with Gasteiger partial charge in [0.25, 0.3) is 0 Å². The smallest absolute Gasteiger partial charge is 0.243 e. The van der Waals surface area contributed by atoms with Gasteiger partial charge in [-0.1, -0.05) is 97.2 Å². The van der Waals surface area contributed by atoms with Crippen LogP contribution in [0.25, 0.3) is 0 Å². The van der Waals surface area contributed by atoms with Crippen molar-refractivity contribution in [1.82, 2.24) is 20.4 Å². The third kappa shape index (κ3) is 8.88. The summed E-state index contributed by atoms with van der Waals surface area (Å²) >= 11 is 4.50. The van der Waals surface area contributed by atoms with E-state index in [1.54, 1.807) is 11.8 Å². The van der Waals surface area contributed by atoms with Gasteiger partial charge in [0.2, 0.25) is 22.1 Å². The Morgan fingerprint density at radius 2 is 1.24 bits per heavy atom. The lowest BCUT2D eigenvalue weighted by Crippen LogP contribution is -2.39. The number of thioether (sulfide) groups is 1. The summed E-state index contributed by atoms with van der Waals surface area (Å²) in [4.78, 5) is 25.3. The van der Waals surface area contributed by atoms with Gasteiger partial charge in [0.1, 0.15) is 10.0 Å². The number of amides is 2. The van der Waals surface area contributed by atoms with Crippen LogP contribution in [0.4, 0.5) is 10.3 Å². The number of aromatic nitrogens is 4. The second-order valence-electron chi connectivity index (χ2n) is 9.54. The second-order valence-corrected chi connectivity index (χ2v) is 12.9. The first-order valence-electron chi connectivity index (χ1n) is 13.3. The minimum Gasteiger partial charge on any atom is -0.323 e. The average molecular weight is 611 g/mol. The van der Waals surface area contributed by atoms with E-state index in [1.807, 2.05) is 74.5 Å². The third-order valence-electron chi connectivity index (χ3n) is 6.62. The van der Waals surface area contributed by atoms with E-state index >= 15 is 0 Å². The molecular weight excluding hydrogens is 577 g/mol. The van der Waals surface area contributed by atoms with E-state index in [2.05, 4.69) is 31.0 Å². The number of nitrogens with two attached hydrogens (primary N) is 2. The summed E-state index contributed by atoms with van der Waals surface area (Å²) in [6.45, 7) is 3.74. The van der Waals surface area contributed by atoms with Gasteiger partial charge in [-0.3, -0.25) is 14.9 Å². The first-order valence-corrected chi connectivity index (χ1v) is 16.1. The Balaban J connectivity index is 1.14. The molecule has 2 heterocycles. The van der Waals surface area contributed by atoms with Gasteiger partial charge in [0, 0.05) is 24.8 Å². The summed E-state index contributed by atoms with van der Waals surface area (Å²) in [7, 11) is 0. The quantitative estimate of drug-likeness (QED) is 0.153. The number of carbonyl (C=O) groups is 2. The normalized spacial score (nSPS) is 14.1. The molecule has 4 rings (SSSR count). The second kappa shape index (κ2) is 15.1. The van der Waals surface area contributed by atoms with E-state index in [9.17, 15) is 9.59 Å². The molecule has 0 saturated heterocycles. The summed E-state index contributed by atoms with van der Waals surface area (Å²) in [5.41, 5.74) is 14.4. The van der Waals surface area contributed by atoms with Crippen molar-refractivity contribution in [3.05, 3.63) is 81.8 Å². The van der Waals surface area contributed by atoms with Gasteiger partial charge >= 0.3 is 0 Å². The standard InChI is InChI=1S/C28H34N8O2S3/c1-17(19-9-5-3-6-10-19)24(30)26(38)32-28-36-34-22(41-28)14-16-39-15-13-21-33-35-27(40-21)31-25(37)18(2)23(29)20-11-7-4-8-12-20/h3-12,17-18,23-24H,13-16,29-30H2,1-2H3,(H,31,35,37)(H,32,36,38). The fourth-order valence-electron chi connectivity index (χ4n) is 3.96. The minimum atomic E-state index is -0.690. The van der Waals surface area contributed by atoms with Gasteiger partial charge in [-0.05, 0) is 22.6 Å². The highest BCUT2D eigenvalue weighted by Crippen LogP contribution is 2.24. The van der Waals surface area contributed by atoms with Crippen LogP contribution >= 0.6 is 34.4 Å². The van der Waals surface area contributed by atoms with Gasteiger partial charge in [-0.15, -0.1) is 20.4 Å². The number of hydrogen-bond donors (Lipinski definition) is 4. The summed E-state index contributed by atoms with van der Waals surface area (Å²) in [5.74, 6) is 0.709. The van der Waals surface area contributed by atoms with Crippen LogP contribution in [0.2, 0.25) is 0 Å². The Bertz CT molecular complexity index is 1290. The van der Waals surface area contributed by atoms with Crippen molar-refractivity contribution in [3.8, 4) is 0 Å². The number of anilines is 2. The topological polar surface area (TPSA) is 162 Å². The highest BCUT2D eigenvalue weighted by Gasteiger charge is 2.24. The molecule has 6 N–H and O–H groups in total. The minimum absolute atomic E-state index is 0.123. The molecule has 2 amide bonds. The number of hydrogen-bond acceptors (Lipinski definition) is 11. The van der Waals surface area contributed by atoms with E-state index in [1.165, 1.54) is 22.7 Å². The van der Waals surface area contributed by atoms with E-state index in [0.29, 0.717) is 10.3 Å². The molecule has 0 saturated carbocycles. The fourth-order valence-corrected chi connectivity index (χ4v) is 6.58. The summed E-state index contributed by atoms with van der Waals surface area (Å²) < 4.78 is 0. The van der Waals surface area contributed by atoms with Crippen LogP contribution < -0.4 is 22.1 Å². The van der Waals surface area contributed by atoms with Crippen molar-refractivity contribution in [3.63, 3.8) is 0 Å². The third-order valence-corrected chi connectivity index (χ3v) is 9.40. The van der Waals surface area contributed by atoms with Crippen LogP contribution in [0.1, 0.15) is 46.9 Å². The largest absolute Gasteiger partial charge is 0.323 e. The van der Waals surface area contributed by atoms with E-state index < -0.39 is 18.0 Å². The Kier molecular flexibility index (Phi) is 11.3. The molecule has 4 aromatic rings. The Labute approximate surface area is 251 Å². The molecule has 10 nitrogen and oxygen atoms in total. The van der Waals surface area contributed by atoms with Gasteiger partial charge < -0.3 is 16.8 Å². The van der Waals surface area contributed by atoms with E-state index in [0.717, 1.165) is 45.5 Å². The maximum absolute atomic E-state index is 12.7. The lowest BCUT2D eigenvalue weighted by Gasteiger charge is -2.18. The lowest BCUT2D eigenvalue weighted by atomic mass is 9.93. The molecule has 4 atom stereocenters. The maximum atomic E-state index is 12.7. The Morgan fingerprint density at radius 1 is 0.756 bits per heavy atom. The van der Waals surface area contributed by atoms with Gasteiger partial charge in [0.15, 0.2) is 0 Å². The zero-order chi connectivity index (χ0) is 29.2. The summed E-state index contributed by atoms with van der Waals surface area (Å²) in [6.07, 6.45) is 1.48. The zero-order valence-corrected chi connectivity index (χ0v) is 25.3. The number of rotatable bonds is 14. The van der Waals surface area contributed by atoms with Crippen molar-refractivity contribution >= 4 is 56.5 Å². The molecule has 41 heavy (non-hydrogen) atoms. The lowest BCUT2D eigenvalue weighted by molar-refractivity contribution is -0.120. The monoisotopic (exact) mass is 610 g/mol. The molecule has 4 unspecified atom stereocenters. The SMILES string of the molecule is CC(C(=O)Nc1nnc(CCSCCc2nnc(NC(=O)C(N)C(C)c3ccccc3)s2)s1)C(N)c1ccccc1. The van der Waals surface area contributed by atoms with Crippen LogP contribution in [-0.4, -0.2) is 49.8 Å². The van der Waals surface area contributed by atoms with Crippen molar-refractivity contribution < 1.29 is 9.59 Å². The molecule has 0 spiro atoms. The summed E-state index contributed by atoms with van der Waals surface area (Å²) in [5, 5.41) is 24.9. The number of nitrogens with zero attached hydrogens (tertiary/aromatic N) is 4. The first kappa shape index (κ1) is 30.7. The van der Waals surface area contributed by atoms with Crippen LogP contribution in [-0.2, 0) is 22.4 Å². The van der Waals surface area contributed by atoms with Crippen LogP contribution in [0.5, 0.6) is 0 Å². The van der Waals surface area contributed by atoms with Crippen molar-refractivity contribution in [2.45, 2.75) is 44.7 Å². The van der Waals surface area contributed by atoms with Gasteiger partial charge in [0.05, 0.1) is 12.0 Å². The molecule has 0 aliphatic carbocycles. The fraction of sp³-hybridized carbons (Fsp3) is 0.357. The number of carbonyl (C=O) groups excluding carboxylic acids is 2. The highest BCUT2D eigenvalue weighted by molar-refractivity contribution is 7.99. The Morgan fingerprint density at radius 3 is 1.78 bits per heavy atom. The van der Waals surface area contributed by atoms with Crippen molar-refractivity contribution in [2.75, 3.05) is 22.1 Å². The molecule has 0 aliphatic rings. The molecule has 216 valence electrons. The molecule has 2 aromatic heterocycles. The van der Waals surface area contributed by atoms with Gasteiger partial charge in [-0.2, -0.15) is 11.8 Å². The average Bonchev–Trinajstić information content (AvgIpc) is 3.65. The van der Waals surface area contributed by atoms with Crippen molar-refractivity contribution in [1.29, 1.82) is 0 Å². The summed E-state index contributed by atoms with van der Waals surface area (Å²) in [6, 6.07) is 18.2. The highest BCUT2D eigenvalue weighted by atomic mass is 32.2. The molecule has 0 radical (unpaired) electrons.